The maximum atomic E-state index is 13.1. The van der Waals surface area contributed by atoms with Gasteiger partial charge in [-0.25, -0.2) is 17.2 Å². The minimum absolute atomic E-state index is 0.113. The van der Waals surface area contributed by atoms with E-state index in [-0.39, 0.29) is 4.90 Å². The molecule has 3 nitrogen and oxygen atoms in total. The summed E-state index contributed by atoms with van der Waals surface area (Å²) in [7, 11) is -1.96. The number of benzene rings is 1. The van der Waals surface area contributed by atoms with Crippen LogP contribution in [0.5, 0.6) is 0 Å². The van der Waals surface area contributed by atoms with E-state index in [9.17, 15) is 17.2 Å². The van der Waals surface area contributed by atoms with Gasteiger partial charge in [-0.2, -0.15) is 0 Å². The Morgan fingerprint density at radius 2 is 1.81 bits per heavy atom. The van der Waals surface area contributed by atoms with Gasteiger partial charge in [-0.1, -0.05) is 0 Å². The molecule has 16 heavy (non-hydrogen) atoms. The van der Waals surface area contributed by atoms with Crippen LogP contribution in [0.1, 0.15) is 18.5 Å². The molecule has 88 valence electrons. The van der Waals surface area contributed by atoms with Crippen LogP contribution in [-0.2, 0) is 9.84 Å². The summed E-state index contributed by atoms with van der Waals surface area (Å²) >= 11 is 0. The molecule has 0 saturated heterocycles. The molecule has 2 atom stereocenters. The number of sulfone groups is 1. The molecular weight excluding hydrogens is 236 g/mol. The van der Waals surface area contributed by atoms with Crippen molar-refractivity contribution in [2.24, 2.45) is 0 Å². The Hall–Kier alpha value is -1.01. The van der Waals surface area contributed by atoms with Crippen molar-refractivity contribution in [2.45, 2.75) is 23.1 Å². The second-order valence-corrected chi connectivity index (χ2v) is 6.09. The van der Waals surface area contributed by atoms with E-state index >= 15 is 0 Å². The van der Waals surface area contributed by atoms with Crippen LogP contribution >= 0.6 is 0 Å². The summed E-state index contributed by atoms with van der Waals surface area (Å²) in [5.74, 6) is -2.16. The van der Waals surface area contributed by atoms with Gasteiger partial charge in [0.15, 0.2) is 21.5 Å². The second-order valence-electron chi connectivity index (χ2n) is 3.82. The smallest absolute Gasteiger partial charge is 0.183 e. The Balaban J connectivity index is 2.75. The van der Waals surface area contributed by atoms with Crippen LogP contribution in [0, 0.1) is 11.6 Å². The fourth-order valence-corrected chi connectivity index (χ4v) is 3.88. The maximum absolute atomic E-state index is 13.1. The largest absolute Gasteiger partial charge is 0.312 e. The Kier molecular flexibility index (Phi) is 2.51. The summed E-state index contributed by atoms with van der Waals surface area (Å²) in [6, 6.07) is 1.22. The summed E-state index contributed by atoms with van der Waals surface area (Å²) in [6.45, 7) is 1.52. The lowest BCUT2D eigenvalue weighted by molar-refractivity contribution is 0.498. The van der Waals surface area contributed by atoms with Crippen molar-refractivity contribution in [1.82, 2.24) is 5.32 Å². The van der Waals surface area contributed by atoms with E-state index in [0.717, 1.165) is 12.1 Å². The highest BCUT2D eigenvalue weighted by molar-refractivity contribution is 7.92. The Morgan fingerprint density at radius 3 is 2.38 bits per heavy atom. The summed E-state index contributed by atoms with van der Waals surface area (Å²) in [4.78, 5) is -0.113. The van der Waals surface area contributed by atoms with Crippen LogP contribution in [0.25, 0.3) is 0 Å². The molecule has 1 aliphatic heterocycles. The highest BCUT2D eigenvalue weighted by atomic mass is 32.2. The summed E-state index contributed by atoms with van der Waals surface area (Å²) in [5, 5.41) is 2.09. The molecule has 1 N–H and O–H groups in total. The van der Waals surface area contributed by atoms with E-state index in [1.54, 1.807) is 7.05 Å². The summed E-state index contributed by atoms with van der Waals surface area (Å²) < 4.78 is 49.9. The zero-order valence-corrected chi connectivity index (χ0v) is 9.61. The van der Waals surface area contributed by atoms with Gasteiger partial charge in [0.2, 0.25) is 0 Å². The zero-order chi connectivity index (χ0) is 12.1. The Morgan fingerprint density at radius 1 is 1.25 bits per heavy atom. The minimum Gasteiger partial charge on any atom is -0.312 e. The van der Waals surface area contributed by atoms with E-state index in [1.807, 2.05) is 0 Å². The van der Waals surface area contributed by atoms with E-state index < -0.39 is 32.8 Å². The van der Waals surface area contributed by atoms with Gasteiger partial charge in [0, 0.05) is 0 Å². The lowest BCUT2D eigenvalue weighted by Crippen LogP contribution is -2.26. The Bertz CT molecular complexity index is 542. The van der Waals surface area contributed by atoms with Crippen LogP contribution in [0.3, 0.4) is 0 Å². The second kappa shape index (κ2) is 3.49. The highest BCUT2D eigenvalue weighted by Gasteiger charge is 2.42. The molecule has 2 rings (SSSR count). The molecule has 1 heterocycles. The molecule has 0 spiro atoms. The number of rotatable bonds is 1. The van der Waals surface area contributed by atoms with Crippen molar-refractivity contribution < 1.29 is 17.2 Å². The van der Waals surface area contributed by atoms with Crippen molar-refractivity contribution in [3.05, 3.63) is 29.3 Å². The topological polar surface area (TPSA) is 46.2 Å². The van der Waals surface area contributed by atoms with Crippen molar-refractivity contribution >= 4 is 9.84 Å². The fraction of sp³-hybridized carbons (Fsp3) is 0.400. The number of hydrogen-bond donors (Lipinski definition) is 1. The van der Waals surface area contributed by atoms with Crippen LogP contribution in [-0.4, -0.2) is 20.7 Å². The molecule has 1 aromatic rings. The van der Waals surface area contributed by atoms with Crippen molar-refractivity contribution in [3.8, 4) is 0 Å². The van der Waals surface area contributed by atoms with Gasteiger partial charge >= 0.3 is 0 Å². The van der Waals surface area contributed by atoms with E-state index in [2.05, 4.69) is 5.32 Å². The van der Waals surface area contributed by atoms with Gasteiger partial charge in [0.25, 0.3) is 0 Å². The van der Waals surface area contributed by atoms with Gasteiger partial charge in [0.1, 0.15) is 0 Å². The third-order valence-electron chi connectivity index (χ3n) is 2.96. The molecule has 0 aromatic heterocycles. The first-order chi connectivity index (χ1) is 7.39. The van der Waals surface area contributed by atoms with Crippen LogP contribution in [0.4, 0.5) is 8.78 Å². The number of fused-ring (bicyclic) bond motifs is 1. The van der Waals surface area contributed by atoms with Crippen LogP contribution < -0.4 is 5.32 Å². The van der Waals surface area contributed by atoms with Gasteiger partial charge in [-0.05, 0) is 31.7 Å². The molecule has 6 heteroatoms. The van der Waals surface area contributed by atoms with Crippen LogP contribution in [0.2, 0.25) is 0 Å². The predicted octanol–water partition coefficient (Wildman–Crippen LogP) is 1.40. The van der Waals surface area contributed by atoms with Gasteiger partial charge in [-0.15, -0.1) is 0 Å². The summed E-state index contributed by atoms with van der Waals surface area (Å²) in [6.07, 6.45) is 0. The van der Waals surface area contributed by atoms with Crippen molar-refractivity contribution in [1.29, 1.82) is 0 Å². The first-order valence-corrected chi connectivity index (χ1v) is 6.34. The van der Waals surface area contributed by atoms with Gasteiger partial charge in [-0.3, -0.25) is 0 Å². The SMILES string of the molecule is CNC1c2cc(F)c(F)cc2S(=O)(=O)C1C. The lowest BCUT2D eigenvalue weighted by Gasteiger charge is -2.13. The summed E-state index contributed by atoms with van der Waals surface area (Å²) in [5.41, 5.74) is 0.300. The average Bonchev–Trinajstić information content (AvgIpc) is 2.39. The first kappa shape index (κ1) is 11.5. The van der Waals surface area contributed by atoms with Crippen molar-refractivity contribution in [3.63, 3.8) is 0 Å². The molecule has 0 radical (unpaired) electrons. The molecule has 0 saturated carbocycles. The third kappa shape index (κ3) is 1.36. The molecule has 1 aliphatic rings. The van der Waals surface area contributed by atoms with Gasteiger partial charge in [0.05, 0.1) is 16.2 Å². The minimum atomic E-state index is -3.55. The Labute approximate surface area is 92.4 Å². The molecule has 2 unspecified atom stereocenters. The zero-order valence-electron chi connectivity index (χ0n) is 8.79. The number of halogens is 2. The average molecular weight is 247 g/mol. The molecule has 0 fully saturated rings. The van der Waals surface area contributed by atoms with Crippen molar-refractivity contribution in [2.75, 3.05) is 7.05 Å². The predicted molar refractivity (Wildman–Crippen MR) is 54.8 cm³/mol. The van der Waals surface area contributed by atoms with Gasteiger partial charge < -0.3 is 5.32 Å². The normalized spacial score (nSPS) is 26.8. The molecule has 0 amide bonds. The first-order valence-electron chi connectivity index (χ1n) is 4.79. The van der Waals surface area contributed by atoms with E-state index in [1.165, 1.54) is 6.92 Å². The molecule has 0 aliphatic carbocycles. The quantitative estimate of drug-likeness (QED) is 0.763. The van der Waals surface area contributed by atoms with E-state index in [0.29, 0.717) is 5.56 Å². The molecule has 0 bridgehead atoms. The monoisotopic (exact) mass is 247 g/mol. The van der Waals surface area contributed by atoms with E-state index in [4.69, 9.17) is 0 Å². The number of nitrogens with one attached hydrogen (secondary N) is 1. The lowest BCUT2D eigenvalue weighted by atomic mass is 10.0. The standard InChI is InChI=1S/C10H11F2NO2S/c1-5-10(13-2)6-3-7(11)8(12)4-9(6)16(5,14)15/h3-5,10,13H,1-2H3. The highest BCUT2D eigenvalue weighted by Crippen LogP contribution is 2.39. The number of hydrogen-bond acceptors (Lipinski definition) is 3. The molecule has 1 aromatic carbocycles. The molecular formula is C10H11F2NO2S. The fourth-order valence-electron chi connectivity index (χ4n) is 2.06. The third-order valence-corrected chi connectivity index (χ3v) is 5.18. The van der Waals surface area contributed by atoms with Crippen LogP contribution in [0.15, 0.2) is 17.0 Å². The maximum Gasteiger partial charge on any atom is 0.183 e.